The molecule has 0 bridgehead atoms. The van der Waals surface area contributed by atoms with Crippen molar-refractivity contribution in [1.82, 2.24) is 15.5 Å². The summed E-state index contributed by atoms with van der Waals surface area (Å²) in [4.78, 5) is 16.2. The van der Waals surface area contributed by atoms with E-state index in [1.807, 2.05) is 6.92 Å². The number of hydrogen-bond acceptors (Lipinski definition) is 5. The van der Waals surface area contributed by atoms with Crippen LogP contribution in [0, 0.1) is 12.3 Å². The summed E-state index contributed by atoms with van der Waals surface area (Å²) >= 11 is 0. The summed E-state index contributed by atoms with van der Waals surface area (Å²) in [6.45, 7) is 5.89. The second-order valence-corrected chi connectivity index (χ2v) is 5.33. The van der Waals surface area contributed by atoms with Crippen molar-refractivity contribution < 1.29 is 14.1 Å². The van der Waals surface area contributed by atoms with Gasteiger partial charge in [0.25, 0.3) is 11.6 Å². The van der Waals surface area contributed by atoms with Crippen LogP contribution < -0.4 is 5.32 Å². The smallest absolute Gasteiger partial charge is 0.257 e. The van der Waals surface area contributed by atoms with Crippen LogP contribution in [0.3, 0.4) is 0 Å². The Hall–Kier alpha value is -1.95. The Bertz CT molecular complexity index is 631. The van der Waals surface area contributed by atoms with Crippen LogP contribution in [0.2, 0.25) is 0 Å². The van der Waals surface area contributed by atoms with Crippen molar-refractivity contribution in [3.05, 3.63) is 23.5 Å². The van der Waals surface area contributed by atoms with Crippen LogP contribution in [0.15, 0.2) is 16.8 Å². The van der Waals surface area contributed by atoms with Gasteiger partial charge in [-0.25, -0.2) is 4.98 Å². The molecule has 3 rings (SSSR count). The first-order valence-electron chi connectivity index (χ1n) is 6.15. The lowest BCUT2D eigenvalue weighted by Gasteiger charge is -2.37. The van der Waals surface area contributed by atoms with Crippen LogP contribution in [0.4, 0.5) is 0 Å². The molecular weight excluding hydrogens is 246 g/mol. The van der Waals surface area contributed by atoms with E-state index in [4.69, 9.17) is 9.26 Å². The van der Waals surface area contributed by atoms with Gasteiger partial charge in [-0.3, -0.25) is 4.79 Å². The number of hydrogen-bond donors (Lipinski definition) is 1. The number of carbonyl (C=O) groups is 1. The number of amides is 1. The van der Waals surface area contributed by atoms with E-state index in [-0.39, 0.29) is 11.3 Å². The van der Waals surface area contributed by atoms with Gasteiger partial charge in [-0.05, 0) is 13.0 Å². The molecule has 2 aromatic rings. The van der Waals surface area contributed by atoms with Gasteiger partial charge in [0.1, 0.15) is 0 Å². The van der Waals surface area contributed by atoms with Crippen molar-refractivity contribution in [3.63, 3.8) is 0 Å². The highest BCUT2D eigenvalue weighted by Gasteiger charge is 2.33. The third-order valence-electron chi connectivity index (χ3n) is 3.35. The molecule has 0 aliphatic carbocycles. The number of carbonyl (C=O) groups excluding carboxylic acids is 1. The lowest BCUT2D eigenvalue weighted by molar-refractivity contribution is -0.0978. The summed E-state index contributed by atoms with van der Waals surface area (Å²) in [5.41, 5.74) is 1.76. The molecule has 0 spiro atoms. The van der Waals surface area contributed by atoms with Crippen LogP contribution in [0.5, 0.6) is 0 Å². The normalized spacial score (nSPS) is 17.2. The average Bonchev–Trinajstić information content (AvgIpc) is 2.75. The molecule has 3 heterocycles. The molecule has 6 nitrogen and oxygen atoms in total. The van der Waals surface area contributed by atoms with E-state index in [1.165, 1.54) is 6.20 Å². The predicted octanol–water partition coefficient (Wildman–Crippen LogP) is 1.30. The molecule has 0 unspecified atom stereocenters. The van der Waals surface area contributed by atoms with Crippen molar-refractivity contribution in [1.29, 1.82) is 0 Å². The maximum atomic E-state index is 12.1. The van der Waals surface area contributed by atoms with Crippen molar-refractivity contribution in [2.75, 3.05) is 19.8 Å². The SMILES string of the molecule is Cc1noc2ncc(C(=O)NCC3(C)COC3)cc12. The number of nitrogens with one attached hydrogen (secondary N) is 1. The van der Waals surface area contributed by atoms with Crippen LogP contribution >= 0.6 is 0 Å². The van der Waals surface area contributed by atoms with E-state index < -0.39 is 0 Å². The lowest BCUT2D eigenvalue weighted by atomic mass is 9.89. The fourth-order valence-corrected chi connectivity index (χ4v) is 2.02. The van der Waals surface area contributed by atoms with Gasteiger partial charge in [0.05, 0.1) is 29.9 Å². The van der Waals surface area contributed by atoms with Crippen molar-refractivity contribution in [3.8, 4) is 0 Å². The molecule has 1 amide bonds. The molecule has 1 fully saturated rings. The Labute approximate surface area is 110 Å². The number of nitrogens with zero attached hydrogens (tertiary/aromatic N) is 2. The molecule has 0 saturated carbocycles. The minimum atomic E-state index is -0.136. The zero-order valence-electron chi connectivity index (χ0n) is 10.9. The number of aromatic nitrogens is 2. The number of pyridine rings is 1. The van der Waals surface area contributed by atoms with Gasteiger partial charge in [0.15, 0.2) is 0 Å². The van der Waals surface area contributed by atoms with Gasteiger partial charge in [0, 0.05) is 18.2 Å². The van der Waals surface area contributed by atoms with E-state index in [1.54, 1.807) is 6.07 Å². The molecule has 1 N–H and O–H groups in total. The predicted molar refractivity (Wildman–Crippen MR) is 67.8 cm³/mol. The zero-order valence-corrected chi connectivity index (χ0v) is 10.9. The Morgan fingerprint density at radius 3 is 3.00 bits per heavy atom. The Morgan fingerprint density at radius 1 is 1.53 bits per heavy atom. The third-order valence-corrected chi connectivity index (χ3v) is 3.35. The molecular formula is C13H15N3O3. The van der Waals surface area contributed by atoms with Crippen molar-refractivity contribution in [2.45, 2.75) is 13.8 Å². The van der Waals surface area contributed by atoms with E-state index in [2.05, 4.69) is 22.4 Å². The molecule has 1 aliphatic heterocycles. The fraction of sp³-hybridized carbons (Fsp3) is 0.462. The Kier molecular flexibility index (Phi) is 2.74. The van der Waals surface area contributed by atoms with Crippen molar-refractivity contribution in [2.24, 2.45) is 5.41 Å². The minimum absolute atomic E-state index is 0.0559. The van der Waals surface area contributed by atoms with Gasteiger partial charge < -0.3 is 14.6 Å². The molecule has 1 aliphatic rings. The number of fused-ring (bicyclic) bond motifs is 1. The second-order valence-electron chi connectivity index (χ2n) is 5.33. The summed E-state index contributed by atoms with van der Waals surface area (Å²) in [5.74, 6) is -0.136. The van der Waals surface area contributed by atoms with E-state index >= 15 is 0 Å². The number of rotatable bonds is 3. The zero-order chi connectivity index (χ0) is 13.5. The highest BCUT2D eigenvalue weighted by molar-refractivity contribution is 5.96. The second kappa shape index (κ2) is 4.31. The first-order valence-corrected chi connectivity index (χ1v) is 6.15. The molecule has 0 atom stereocenters. The first kappa shape index (κ1) is 12.1. The number of aryl methyl sites for hydroxylation is 1. The molecule has 0 aromatic carbocycles. The van der Waals surface area contributed by atoms with E-state index in [0.29, 0.717) is 31.0 Å². The Balaban J connectivity index is 1.75. The summed E-state index contributed by atoms with van der Waals surface area (Å²) in [6.07, 6.45) is 1.50. The van der Waals surface area contributed by atoms with Crippen LogP contribution in [0.1, 0.15) is 23.0 Å². The molecule has 100 valence electrons. The Morgan fingerprint density at radius 2 is 2.32 bits per heavy atom. The van der Waals surface area contributed by atoms with Gasteiger partial charge >= 0.3 is 0 Å². The van der Waals surface area contributed by atoms with Gasteiger partial charge in [-0.1, -0.05) is 12.1 Å². The summed E-state index contributed by atoms with van der Waals surface area (Å²) in [6, 6.07) is 1.75. The lowest BCUT2D eigenvalue weighted by Crippen LogP contribution is -2.48. The molecule has 6 heteroatoms. The summed E-state index contributed by atoms with van der Waals surface area (Å²) in [5, 5.41) is 7.50. The van der Waals surface area contributed by atoms with Gasteiger partial charge in [0.2, 0.25) is 0 Å². The first-order chi connectivity index (χ1) is 9.07. The molecule has 0 radical (unpaired) electrons. The summed E-state index contributed by atoms with van der Waals surface area (Å²) < 4.78 is 10.2. The van der Waals surface area contributed by atoms with Crippen LogP contribution in [0.25, 0.3) is 11.1 Å². The van der Waals surface area contributed by atoms with Crippen LogP contribution in [-0.2, 0) is 4.74 Å². The van der Waals surface area contributed by atoms with E-state index in [9.17, 15) is 4.79 Å². The van der Waals surface area contributed by atoms with Crippen molar-refractivity contribution >= 4 is 17.0 Å². The third kappa shape index (κ3) is 2.19. The standard InChI is InChI=1S/C13H15N3O3/c1-8-10-3-9(4-14-12(10)19-16-8)11(17)15-5-13(2)6-18-7-13/h3-4H,5-7H2,1-2H3,(H,15,17). The largest absolute Gasteiger partial charge is 0.380 e. The average molecular weight is 261 g/mol. The maximum Gasteiger partial charge on any atom is 0.257 e. The number of ether oxygens (including phenoxy) is 1. The topological polar surface area (TPSA) is 77.2 Å². The van der Waals surface area contributed by atoms with E-state index in [0.717, 1.165) is 11.1 Å². The van der Waals surface area contributed by atoms with Crippen LogP contribution in [-0.4, -0.2) is 35.8 Å². The fourth-order valence-electron chi connectivity index (χ4n) is 2.02. The quantitative estimate of drug-likeness (QED) is 0.901. The highest BCUT2D eigenvalue weighted by Crippen LogP contribution is 2.25. The monoisotopic (exact) mass is 261 g/mol. The molecule has 2 aromatic heterocycles. The highest BCUT2D eigenvalue weighted by atomic mass is 16.5. The van der Waals surface area contributed by atoms with Gasteiger partial charge in [-0.2, -0.15) is 0 Å². The molecule has 1 saturated heterocycles. The maximum absolute atomic E-state index is 12.1. The molecule has 19 heavy (non-hydrogen) atoms. The summed E-state index contributed by atoms with van der Waals surface area (Å²) in [7, 11) is 0. The minimum Gasteiger partial charge on any atom is -0.380 e. The van der Waals surface area contributed by atoms with Gasteiger partial charge in [-0.15, -0.1) is 0 Å².